The summed E-state index contributed by atoms with van der Waals surface area (Å²) in [5, 5.41) is 26.9. The molecule has 3 saturated heterocycles. The Kier molecular flexibility index (Phi) is 24.8. The highest BCUT2D eigenvalue weighted by molar-refractivity contribution is 8.76. The Labute approximate surface area is 492 Å². The van der Waals surface area contributed by atoms with Crippen LogP contribution >= 0.6 is 33.3 Å². The first kappa shape index (κ1) is 65.4. The molecule has 5 amide bonds. The molecular weight excluding hydrogens is 1090 g/mol. The molecule has 0 saturated carbocycles. The fourth-order valence-corrected chi connectivity index (χ4v) is 14.3. The van der Waals surface area contributed by atoms with Gasteiger partial charge in [-0.1, -0.05) is 63.5 Å². The van der Waals surface area contributed by atoms with Crippen LogP contribution in [-0.2, 0) is 39.8 Å². The first-order chi connectivity index (χ1) is 38.6. The van der Waals surface area contributed by atoms with Gasteiger partial charge in [0, 0.05) is 90.5 Å². The van der Waals surface area contributed by atoms with Gasteiger partial charge in [-0.3, -0.25) is 24.0 Å². The van der Waals surface area contributed by atoms with Gasteiger partial charge in [-0.05, 0) is 120 Å². The zero-order valence-electron chi connectivity index (χ0n) is 49.4. The monoisotopic (exact) mass is 1180 g/mol. The van der Waals surface area contributed by atoms with Crippen molar-refractivity contribution in [2.24, 2.45) is 5.92 Å². The first-order valence-corrected chi connectivity index (χ1v) is 32.3. The Hall–Kier alpha value is -4.73. The van der Waals surface area contributed by atoms with Crippen LogP contribution in [0, 0.1) is 5.92 Å². The molecule has 0 aliphatic carbocycles. The highest BCUT2D eigenvalue weighted by Crippen LogP contribution is 2.53. The van der Waals surface area contributed by atoms with Gasteiger partial charge < -0.3 is 55.4 Å². The molecule has 7 unspecified atom stereocenters. The number of rotatable bonds is 30. The summed E-state index contributed by atoms with van der Waals surface area (Å²) >= 11 is 1.89. The van der Waals surface area contributed by atoms with E-state index in [-0.39, 0.29) is 90.5 Å². The number of hydrogen-bond acceptors (Lipinski definition) is 15. The Balaban J connectivity index is 0.866. The highest BCUT2D eigenvalue weighted by Gasteiger charge is 2.52. The maximum atomic E-state index is 14.7. The summed E-state index contributed by atoms with van der Waals surface area (Å²) in [4.78, 5) is 78.0. The molecule has 81 heavy (non-hydrogen) atoms. The predicted molar refractivity (Wildman–Crippen MR) is 324 cm³/mol. The van der Waals surface area contributed by atoms with E-state index in [9.17, 15) is 33.9 Å². The van der Waals surface area contributed by atoms with Crippen molar-refractivity contribution in [1.29, 1.82) is 0 Å². The van der Waals surface area contributed by atoms with Gasteiger partial charge in [0.15, 0.2) is 11.6 Å². The lowest BCUT2D eigenvalue weighted by Crippen LogP contribution is -2.50. The highest BCUT2D eigenvalue weighted by atomic mass is 33.1. The van der Waals surface area contributed by atoms with E-state index in [4.69, 9.17) is 23.7 Å². The van der Waals surface area contributed by atoms with Gasteiger partial charge in [0.25, 0.3) is 0 Å². The fraction of sp³-hybridized carbons (Fsp3) is 0.639. The summed E-state index contributed by atoms with van der Waals surface area (Å²) in [6.07, 6.45) is 17.0. The SMILES string of the molecule is C/C=C1/C(=O)c2c(O)c3c(c(CC=C(C)C)c2OC1C1CCC(=O)C(C)(C/C=C(/C)C(=O)NCCOCCOCCNC(=O)CCSSCCNC(=O)CCCCC2SCC4NC(=O)NC42)OC1(C)C)OC(C)(CCC=C(C)C)C=C3. The zero-order chi connectivity index (χ0) is 58.9. The van der Waals surface area contributed by atoms with E-state index in [1.807, 2.05) is 58.5 Å². The fourth-order valence-electron chi connectivity index (χ4n) is 10.9. The molecule has 20 heteroatoms. The van der Waals surface area contributed by atoms with Crippen molar-refractivity contribution < 1.29 is 57.6 Å². The summed E-state index contributed by atoms with van der Waals surface area (Å²) in [7, 11) is 3.23. The number of fused-ring (bicyclic) bond motifs is 3. The van der Waals surface area contributed by atoms with E-state index in [1.165, 1.54) is 5.57 Å². The molecule has 17 nitrogen and oxygen atoms in total. The number of urea groups is 1. The van der Waals surface area contributed by atoms with E-state index < -0.39 is 28.8 Å². The normalized spacial score (nSPS) is 25.1. The number of carbonyl (C=O) groups is 6. The summed E-state index contributed by atoms with van der Waals surface area (Å²) < 4.78 is 31.9. The third-order valence-corrected chi connectivity index (χ3v) is 19.4. The second-order valence-corrected chi connectivity index (χ2v) is 27.0. The van der Waals surface area contributed by atoms with Crippen LogP contribution in [0.25, 0.3) is 6.08 Å². The summed E-state index contributed by atoms with van der Waals surface area (Å²) in [6, 6.07) is 0.347. The van der Waals surface area contributed by atoms with Crippen LogP contribution in [-0.4, -0.2) is 144 Å². The van der Waals surface area contributed by atoms with E-state index in [2.05, 4.69) is 52.6 Å². The maximum absolute atomic E-state index is 14.7. The Bertz CT molecular complexity index is 2590. The summed E-state index contributed by atoms with van der Waals surface area (Å²) in [5.74, 6) is 1.74. The number of unbranched alkanes of at least 4 members (excludes halogenated alkanes) is 1. The number of aromatic hydroxyl groups is 1. The third-order valence-electron chi connectivity index (χ3n) is 15.4. The van der Waals surface area contributed by atoms with Crippen LogP contribution in [0.3, 0.4) is 0 Å². The molecule has 0 radical (unpaired) electrons. The number of Topliss-reactive ketones (excluding diaryl/α,β-unsaturated/α-hetero) is 2. The molecule has 5 heterocycles. The number of ketones is 2. The second-order valence-electron chi connectivity index (χ2n) is 23.0. The Morgan fingerprint density at radius 3 is 2.26 bits per heavy atom. The number of phenolic OH excluding ortho intramolecular Hbond substituents is 1. The average Bonchev–Trinajstić information content (AvgIpc) is 2.50. The molecule has 3 fully saturated rings. The molecule has 5 aliphatic heterocycles. The Morgan fingerprint density at radius 1 is 0.852 bits per heavy atom. The van der Waals surface area contributed by atoms with Crippen LogP contribution < -0.4 is 36.1 Å². The number of carbonyl (C=O) groups excluding carboxylic acids is 6. The predicted octanol–water partition coefficient (Wildman–Crippen LogP) is 9.45. The number of benzene rings is 1. The molecule has 5 aliphatic rings. The average molecular weight is 1180 g/mol. The van der Waals surface area contributed by atoms with E-state index in [0.29, 0.717) is 104 Å². The number of ether oxygens (including phenoxy) is 5. The largest absolute Gasteiger partial charge is 0.506 e. The molecule has 0 spiro atoms. The lowest BCUT2D eigenvalue weighted by atomic mass is 9.76. The molecule has 1 aromatic rings. The summed E-state index contributed by atoms with van der Waals surface area (Å²) in [6.45, 7) is 21.7. The van der Waals surface area contributed by atoms with Crippen LogP contribution in [0.2, 0.25) is 0 Å². The van der Waals surface area contributed by atoms with Crippen LogP contribution in [0.15, 0.2) is 52.7 Å². The third kappa shape index (κ3) is 18.4. The van der Waals surface area contributed by atoms with Gasteiger partial charge in [0.1, 0.15) is 40.1 Å². The number of nitrogens with one attached hydrogen (secondary N) is 5. The standard InChI is InChI=1S/C61H89N5O12S3/c1-11-41-52(70)50-53(71)42-23-26-60(9,25-14-15-38(2)3)77-54(42)43(19-18-39(4)5)56(50)76-55(41)44-20-21-47(67)61(10,78-59(44,7)8)27-22-40(6)57(72)64-29-32-75-34-33-74-31-28-62-49(69)24-35-80-81-36-30-63-48(68)17-13-12-16-46-51-45(37-79-46)65-58(73)66-51/h11,15,18,22-23,26,44-46,51,55,71H,12-14,16-17,19-21,24-25,27-37H2,1-10H3,(H,62,69)(H,63,68)(H,64,72)(H2,65,66,73)/b40-22-,41-11-. The van der Waals surface area contributed by atoms with Gasteiger partial charge >= 0.3 is 6.03 Å². The van der Waals surface area contributed by atoms with Crippen molar-refractivity contribution >= 4 is 74.7 Å². The van der Waals surface area contributed by atoms with E-state index in [0.717, 1.165) is 42.8 Å². The zero-order valence-corrected chi connectivity index (χ0v) is 51.8. The Morgan fingerprint density at radius 2 is 1.54 bits per heavy atom. The molecule has 0 aromatic heterocycles. The number of allylic oxidation sites excluding steroid dienone is 5. The number of thioether (sulfide) groups is 1. The maximum Gasteiger partial charge on any atom is 0.315 e. The molecular formula is C61H89N5O12S3. The van der Waals surface area contributed by atoms with Crippen molar-refractivity contribution in [2.75, 3.05) is 63.3 Å². The molecule has 448 valence electrons. The van der Waals surface area contributed by atoms with E-state index in [1.54, 1.807) is 54.5 Å². The van der Waals surface area contributed by atoms with Crippen molar-refractivity contribution in [1.82, 2.24) is 26.6 Å². The van der Waals surface area contributed by atoms with Crippen LogP contribution in [0.5, 0.6) is 17.2 Å². The number of phenols is 1. The molecule has 1 aromatic carbocycles. The smallest absolute Gasteiger partial charge is 0.315 e. The van der Waals surface area contributed by atoms with Gasteiger partial charge in [0.2, 0.25) is 17.7 Å². The minimum absolute atomic E-state index is 0.0538. The lowest BCUT2D eigenvalue weighted by Gasteiger charge is -2.44. The molecule has 0 bridgehead atoms. The lowest BCUT2D eigenvalue weighted by molar-refractivity contribution is -0.171. The van der Waals surface area contributed by atoms with Crippen LogP contribution in [0.1, 0.15) is 155 Å². The quantitative estimate of drug-likeness (QED) is 0.0139. The second kappa shape index (κ2) is 30.7. The minimum atomic E-state index is -1.28. The van der Waals surface area contributed by atoms with Crippen LogP contribution in [0.4, 0.5) is 4.79 Å². The van der Waals surface area contributed by atoms with Crippen molar-refractivity contribution in [2.45, 2.75) is 180 Å². The van der Waals surface area contributed by atoms with Gasteiger partial charge in [-0.25, -0.2) is 4.79 Å². The topological polar surface area (TPSA) is 229 Å². The van der Waals surface area contributed by atoms with Crippen molar-refractivity contribution in [3.63, 3.8) is 0 Å². The van der Waals surface area contributed by atoms with E-state index >= 15 is 0 Å². The van der Waals surface area contributed by atoms with Crippen molar-refractivity contribution in [3.05, 3.63) is 69.4 Å². The first-order valence-electron chi connectivity index (χ1n) is 28.8. The number of hydrogen-bond donors (Lipinski definition) is 6. The van der Waals surface area contributed by atoms with Gasteiger partial charge in [-0.2, -0.15) is 11.8 Å². The van der Waals surface area contributed by atoms with Crippen molar-refractivity contribution in [3.8, 4) is 17.2 Å². The van der Waals surface area contributed by atoms with Gasteiger partial charge in [0.05, 0.1) is 49.7 Å². The minimum Gasteiger partial charge on any atom is -0.506 e. The molecule has 6 N–H and O–H groups in total. The van der Waals surface area contributed by atoms with Gasteiger partial charge in [-0.15, -0.1) is 0 Å². The number of amides is 5. The molecule has 6 rings (SSSR count). The molecule has 7 atom stereocenters. The summed E-state index contributed by atoms with van der Waals surface area (Å²) in [5.41, 5.74) is 1.40.